The van der Waals surface area contributed by atoms with Gasteiger partial charge in [-0.2, -0.15) is 0 Å². The first-order chi connectivity index (χ1) is 41.0. The van der Waals surface area contributed by atoms with Gasteiger partial charge in [-0.1, -0.05) is 100 Å². The van der Waals surface area contributed by atoms with Crippen LogP contribution in [0.15, 0.2) is 170 Å². The smallest absolute Gasteiger partial charge is 0.323 e. The lowest BCUT2D eigenvalue weighted by molar-refractivity contribution is 0.261. The average molecular weight is 1130 g/mol. The van der Waals surface area contributed by atoms with Gasteiger partial charge < -0.3 is 61.5 Å². The summed E-state index contributed by atoms with van der Waals surface area (Å²) >= 11 is 0. The van der Waals surface area contributed by atoms with Gasteiger partial charge in [0, 0.05) is 116 Å². The van der Waals surface area contributed by atoms with Crippen molar-refractivity contribution in [1.82, 2.24) is 0 Å². The van der Waals surface area contributed by atoms with Crippen LogP contribution in [0, 0.1) is 0 Å². The first-order valence-electron chi connectivity index (χ1n) is 28.7. The number of ether oxygens (including phenoxy) is 4. The second kappa shape index (κ2) is 29.1. The van der Waals surface area contributed by atoms with E-state index in [1.54, 1.807) is 0 Å². The lowest BCUT2D eigenvalue weighted by atomic mass is 9.90. The molecule has 8 bridgehead atoms. The molecule has 8 aromatic rings. The van der Waals surface area contributed by atoms with E-state index in [9.17, 15) is 19.2 Å². The Bertz CT molecular complexity index is 2990. The molecule has 0 aliphatic heterocycles. The number of para-hydroxylation sites is 4. The summed E-state index contributed by atoms with van der Waals surface area (Å²) in [7, 11) is 0. The molecular weight excluding hydrogens is 1060 g/mol. The Morgan fingerprint density at radius 2 is 0.440 bits per heavy atom. The van der Waals surface area contributed by atoms with Crippen LogP contribution in [0.5, 0.6) is 23.0 Å². The van der Waals surface area contributed by atoms with Crippen molar-refractivity contribution in [2.75, 3.05) is 69.0 Å². The van der Waals surface area contributed by atoms with E-state index in [1.807, 2.05) is 198 Å². The number of hydrogen-bond donors (Lipinski definition) is 8. The van der Waals surface area contributed by atoms with Crippen LogP contribution < -0.4 is 61.5 Å². The number of anilines is 8. The van der Waals surface area contributed by atoms with Gasteiger partial charge in [-0.15, -0.1) is 0 Å². The maximum Gasteiger partial charge on any atom is 0.323 e. The van der Waals surface area contributed by atoms with Crippen molar-refractivity contribution in [2.24, 2.45) is 0 Å². The van der Waals surface area contributed by atoms with Gasteiger partial charge in [-0.25, -0.2) is 19.2 Å². The number of rotatable bonds is 20. The van der Waals surface area contributed by atoms with E-state index in [0.717, 1.165) is 44.5 Å². The van der Waals surface area contributed by atoms with Gasteiger partial charge in [-0.05, 0) is 123 Å². The van der Waals surface area contributed by atoms with Crippen molar-refractivity contribution >= 4 is 69.6 Å². The van der Waals surface area contributed by atoms with E-state index < -0.39 is 24.1 Å². The average Bonchev–Trinajstić information content (AvgIpc) is 3.68. The van der Waals surface area contributed by atoms with E-state index in [1.165, 1.54) is 0 Å². The molecule has 0 spiro atoms. The zero-order chi connectivity index (χ0) is 58.6. The summed E-state index contributed by atoms with van der Waals surface area (Å²) < 4.78 is 27.5. The summed E-state index contributed by atoms with van der Waals surface area (Å²) in [6, 6.07) is 50.4. The molecule has 8 amide bonds. The van der Waals surface area contributed by atoms with Crippen molar-refractivity contribution in [2.45, 2.75) is 79.1 Å². The highest BCUT2D eigenvalue weighted by molar-refractivity contribution is 6.02. The summed E-state index contributed by atoms with van der Waals surface area (Å²) in [6.45, 7) is 9.65. The molecule has 16 nitrogen and oxygen atoms in total. The molecule has 84 heavy (non-hydrogen) atoms. The number of amides is 8. The van der Waals surface area contributed by atoms with Crippen molar-refractivity contribution in [3.05, 3.63) is 214 Å². The predicted molar refractivity (Wildman–Crippen MR) is 336 cm³/mol. The minimum Gasteiger partial charge on any atom is -0.493 e. The molecule has 8 N–H and O–H groups in total. The molecule has 0 fully saturated rings. The van der Waals surface area contributed by atoms with Gasteiger partial charge in [-0.3, -0.25) is 0 Å². The van der Waals surface area contributed by atoms with Gasteiger partial charge in [0.15, 0.2) is 0 Å². The molecule has 8 aromatic carbocycles. The van der Waals surface area contributed by atoms with Crippen molar-refractivity contribution in [1.29, 1.82) is 0 Å². The molecule has 1 aliphatic carbocycles. The maximum absolute atomic E-state index is 14.0. The van der Waals surface area contributed by atoms with E-state index >= 15 is 0 Å². The first kappa shape index (κ1) is 58.7. The lowest BCUT2D eigenvalue weighted by Crippen LogP contribution is -2.21. The van der Waals surface area contributed by atoms with Gasteiger partial charge >= 0.3 is 24.1 Å². The number of benzene rings is 8. The van der Waals surface area contributed by atoms with Crippen LogP contribution in [0.4, 0.5) is 64.7 Å². The van der Waals surface area contributed by atoms with Gasteiger partial charge in [0.1, 0.15) is 23.0 Å². The van der Waals surface area contributed by atoms with E-state index in [2.05, 4.69) is 42.5 Å². The molecule has 0 radical (unpaired) electrons. The van der Waals surface area contributed by atoms with Crippen LogP contribution >= 0.6 is 0 Å². The molecule has 1 aliphatic rings. The van der Waals surface area contributed by atoms with Crippen molar-refractivity contribution in [3.8, 4) is 23.0 Å². The van der Waals surface area contributed by atoms with Crippen LogP contribution in [0.2, 0.25) is 0 Å². The van der Waals surface area contributed by atoms with Crippen molar-refractivity contribution in [3.63, 3.8) is 0 Å². The zero-order valence-electron chi connectivity index (χ0n) is 47.9. The Kier molecular flexibility index (Phi) is 20.4. The molecule has 16 heteroatoms. The molecule has 0 atom stereocenters. The lowest BCUT2D eigenvalue weighted by Gasteiger charge is -2.25. The quantitative estimate of drug-likeness (QED) is 0.0368. The van der Waals surface area contributed by atoms with E-state index in [4.69, 9.17) is 18.9 Å². The molecule has 0 saturated heterocycles. The molecule has 9 rings (SSSR count). The number of fused-ring (bicyclic) bond motifs is 8. The highest BCUT2D eigenvalue weighted by Gasteiger charge is 2.26. The summed E-state index contributed by atoms with van der Waals surface area (Å²) in [4.78, 5) is 56.0. The van der Waals surface area contributed by atoms with Gasteiger partial charge in [0.2, 0.25) is 0 Å². The van der Waals surface area contributed by atoms with Crippen molar-refractivity contribution < 1.29 is 38.1 Å². The topological polar surface area (TPSA) is 201 Å². The Morgan fingerprint density at radius 1 is 0.274 bits per heavy atom. The number of hydrogen-bond acceptors (Lipinski definition) is 8. The molecular formula is C68H72N8O8. The highest BCUT2D eigenvalue weighted by atomic mass is 16.5. The van der Waals surface area contributed by atoms with E-state index in [0.29, 0.717) is 121 Å². The molecule has 0 heterocycles. The summed E-state index contributed by atoms with van der Waals surface area (Å²) in [6.07, 6.45) is 3.61. The minimum absolute atomic E-state index is 0.209. The van der Waals surface area contributed by atoms with Crippen LogP contribution in [-0.4, -0.2) is 50.6 Å². The monoisotopic (exact) mass is 1130 g/mol. The fourth-order valence-corrected chi connectivity index (χ4v) is 10.00. The summed E-state index contributed by atoms with van der Waals surface area (Å²) in [5.41, 5.74) is 10.2. The highest BCUT2D eigenvalue weighted by Crippen LogP contribution is 2.43. The Labute approximate surface area is 491 Å². The second-order valence-electron chi connectivity index (χ2n) is 20.4. The number of carbonyl (C=O) groups excluding carboxylic acids is 4. The maximum atomic E-state index is 14.0. The normalized spacial score (nSPS) is 11.5. The second-order valence-corrected chi connectivity index (χ2v) is 20.4. The first-order valence-corrected chi connectivity index (χ1v) is 28.7. The van der Waals surface area contributed by atoms with Crippen LogP contribution in [0.25, 0.3) is 0 Å². The third-order valence-electron chi connectivity index (χ3n) is 13.5. The standard InChI is InChI=1S/C68H72N8O8/c1-5-29-81-61-45-33-47-39-58(74-66(78)70-54-23-15-10-16-24-54)41-49(62(47)82-30-6-2)35-51-43-60(76-68(80)72-56-27-19-12-20-28-56)44-52(64(51)84-32-8-4)36-50-42-59(75-67(79)71-55-25-17-11-18-26-55)40-48(63(50)83-31-7-3)34-46(61)38-57(37-45)73-65(77)69-53-21-13-9-14-22-53/h9-28,37-44H,5-8,29-36H2,1-4H3,(H2,69,73,77)(H2,70,74,78)(H2,71,75,79)(H2,72,76,80). The Morgan fingerprint density at radius 3 is 0.607 bits per heavy atom. The SMILES string of the molecule is CCCOc1c2cc(NC(=O)Nc3ccccc3)cc1Cc1cc(NC(=O)Nc3ccccc3)cc(c1OCCC)Cc1cc(NC(=O)Nc3ccccc3)cc(c1OCCC)Cc1cc(NC(=O)Nc3ccccc3)cc(c1OCCC)C2. The Balaban J connectivity index is 1.30. The third kappa shape index (κ3) is 16.1. The molecule has 0 aromatic heterocycles. The molecule has 0 saturated carbocycles. The van der Waals surface area contributed by atoms with Crippen LogP contribution in [0.3, 0.4) is 0 Å². The fourth-order valence-electron chi connectivity index (χ4n) is 10.00. The zero-order valence-corrected chi connectivity index (χ0v) is 47.9. The van der Waals surface area contributed by atoms with Gasteiger partial charge in [0.05, 0.1) is 26.4 Å². The minimum atomic E-state index is -0.453. The van der Waals surface area contributed by atoms with Crippen LogP contribution in [-0.2, 0) is 25.7 Å². The number of urea groups is 4. The van der Waals surface area contributed by atoms with Crippen LogP contribution in [0.1, 0.15) is 97.9 Å². The molecule has 0 unspecified atom stereocenters. The number of carbonyl (C=O) groups is 4. The molecule has 432 valence electrons. The van der Waals surface area contributed by atoms with Gasteiger partial charge in [0.25, 0.3) is 0 Å². The third-order valence-corrected chi connectivity index (χ3v) is 13.5. The van der Waals surface area contributed by atoms with E-state index in [-0.39, 0.29) is 25.7 Å². The summed E-state index contributed by atoms with van der Waals surface area (Å²) in [5.74, 6) is 2.37. The predicted octanol–water partition coefficient (Wildman–Crippen LogP) is 16.1. The summed E-state index contributed by atoms with van der Waals surface area (Å²) in [5, 5.41) is 24.3. The fraction of sp³-hybridized carbons (Fsp3) is 0.235. The largest absolute Gasteiger partial charge is 0.493 e. The number of nitrogens with one attached hydrogen (secondary N) is 8. The Hall–Kier alpha value is -9.96.